The van der Waals surface area contributed by atoms with E-state index in [0.717, 1.165) is 54.5 Å². The Labute approximate surface area is 179 Å². The van der Waals surface area contributed by atoms with Crippen LogP contribution in [0.15, 0.2) is 24.4 Å². The number of fused-ring (bicyclic) bond motifs is 2. The van der Waals surface area contributed by atoms with Gasteiger partial charge in [-0.3, -0.25) is 0 Å². The topological polar surface area (TPSA) is 56.8 Å². The van der Waals surface area contributed by atoms with Crippen LogP contribution in [0.5, 0.6) is 0 Å². The average molecular weight is 408 g/mol. The molecule has 0 bridgehead atoms. The number of hydrogen-bond acceptors (Lipinski definition) is 5. The number of pyridine rings is 1. The standard InChI is InChI=1S/C24H33N5O/c1-16(2)21-6-4-18-12-27(15-22(18)21)13-20-14-28(11-17(3)30-20)23-7-5-19(10-25)29-24(23)8-9-26-29/h5,7-9,16-18,20-22H,4,6,11-15H2,1-3H3/t17-,18-,20+,21+,22+/m1/s1. The molecule has 3 fully saturated rings. The molecule has 160 valence electrons. The molecule has 1 saturated carbocycles. The molecule has 6 heteroatoms. The van der Waals surface area contributed by atoms with Crippen LogP contribution in [0.3, 0.4) is 0 Å². The van der Waals surface area contributed by atoms with E-state index in [-0.39, 0.29) is 12.2 Å². The lowest BCUT2D eigenvalue weighted by Gasteiger charge is -2.40. The Morgan fingerprint density at radius 3 is 2.83 bits per heavy atom. The van der Waals surface area contributed by atoms with Crippen LogP contribution in [0.4, 0.5) is 5.69 Å². The summed E-state index contributed by atoms with van der Waals surface area (Å²) in [6.45, 7) is 12.2. The Morgan fingerprint density at radius 1 is 1.17 bits per heavy atom. The molecule has 5 rings (SSSR count). The van der Waals surface area contributed by atoms with Crippen molar-refractivity contribution in [2.75, 3.05) is 37.6 Å². The summed E-state index contributed by atoms with van der Waals surface area (Å²) >= 11 is 0. The highest BCUT2D eigenvalue weighted by Gasteiger charge is 2.44. The van der Waals surface area contributed by atoms with Crippen LogP contribution in [0.1, 0.15) is 39.3 Å². The molecule has 5 atom stereocenters. The molecule has 0 aromatic carbocycles. The molecule has 1 aliphatic carbocycles. The number of anilines is 1. The van der Waals surface area contributed by atoms with Gasteiger partial charge in [-0.25, -0.2) is 4.52 Å². The average Bonchev–Trinajstić information content (AvgIpc) is 3.41. The van der Waals surface area contributed by atoms with Crippen molar-refractivity contribution >= 4 is 11.2 Å². The van der Waals surface area contributed by atoms with Gasteiger partial charge in [-0.1, -0.05) is 13.8 Å². The molecule has 0 radical (unpaired) electrons. The lowest BCUT2D eigenvalue weighted by molar-refractivity contribution is -0.0305. The van der Waals surface area contributed by atoms with Crippen LogP contribution < -0.4 is 4.90 Å². The maximum atomic E-state index is 9.37. The second-order valence-corrected chi connectivity index (χ2v) is 9.95. The molecule has 2 aromatic heterocycles. The van der Waals surface area contributed by atoms with Crippen molar-refractivity contribution in [3.05, 3.63) is 30.1 Å². The predicted molar refractivity (Wildman–Crippen MR) is 117 cm³/mol. The van der Waals surface area contributed by atoms with E-state index in [9.17, 15) is 5.26 Å². The first-order valence-electron chi connectivity index (χ1n) is 11.5. The summed E-state index contributed by atoms with van der Waals surface area (Å²) in [4.78, 5) is 5.09. The molecule has 0 N–H and O–H groups in total. The van der Waals surface area contributed by atoms with E-state index in [2.05, 4.69) is 47.8 Å². The van der Waals surface area contributed by atoms with Gasteiger partial charge in [0.1, 0.15) is 11.8 Å². The largest absolute Gasteiger partial charge is 0.370 e. The van der Waals surface area contributed by atoms with Gasteiger partial charge in [0.05, 0.1) is 29.6 Å². The number of rotatable bonds is 4. The smallest absolute Gasteiger partial charge is 0.142 e. The summed E-state index contributed by atoms with van der Waals surface area (Å²) in [6.07, 6.45) is 5.00. The molecule has 0 amide bonds. The molecule has 2 aliphatic heterocycles. The van der Waals surface area contributed by atoms with Crippen LogP contribution in [0.25, 0.3) is 5.52 Å². The number of aromatic nitrogens is 2. The first kappa shape index (κ1) is 19.8. The fraction of sp³-hybridized carbons (Fsp3) is 0.667. The maximum absolute atomic E-state index is 9.37. The van der Waals surface area contributed by atoms with Crippen molar-refractivity contribution in [3.8, 4) is 6.07 Å². The van der Waals surface area contributed by atoms with E-state index in [1.807, 2.05) is 12.1 Å². The number of likely N-dealkylation sites (tertiary alicyclic amines) is 1. The van der Waals surface area contributed by atoms with Gasteiger partial charge in [-0.05, 0) is 61.6 Å². The highest BCUT2D eigenvalue weighted by molar-refractivity contribution is 5.74. The third-order valence-corrected chi connectivity index (χ3v) is 7.62. The zero-order valence-corrected chi connectivity index (χ0v) is 18.4. The Morgan fingerprint density at radius 2 is 2.03 bits per heavy atom. The molecule has 30 heavy (non-hydrogen) atoms. The number of nitrogens with zero attached hydrogens (tertiary/aromatic N) is 5. The van der Waals surface area contributed by atoms with Crippen LogP contribution in [-0.4, -0.2) is 59.4 Å². The molecule has 0 unspecified atom stereocenters. The highest BCUT2D eigenvalue weighted by Crippen LogP contribution is 2.45. The second kappa shape index (κ2) is 7.86. The molecule has 2 aromatic rings. The first-order valence-corrected chi connectivity index (χ1v) is 11.5. The minimum atomic E-state index is 0.188. The predicted octanol–water partition coefficient (Wildman–Crippen LogP) is 3.41. The molecule has 0 spiro atoms. The van der Waals surface area contributed by atoms with E-state index in [1.165, 1.54) is 25.9 Å². The van der Waals surface area contributed by atoms with E-state index in [4.69, 9.17) is 4.74 Å². The maximum Gasteiger partial charge on any atom is 0.142 e. The van der Waals surface area contributed by atoms with Gasteiger partial charge in [0.15, 0.2) is 0 Å². The van der Waals surface area contributed by atoms with E-state index in [0.29, 0.717) is 5.69 Å². The number of nitriles is 1. The van der Waals surface area contributed by atoms with Gasteiger partial charge in [0.25, 0.3) is 0 Å². The minimum Gasteiger partial charge on any atom is -0.370 e. The fourth-order valence-electron chi connectivity index (χ4n) is 6.36. The monoisotopic (exact) mass is 407 g/mol. The zero-order chi connectivity index (χ0) is 20.8. The van der Waals surface area contributed by atoms with Crippen molar-refractivity contribution < 1.29 is 4.74 Å². The van der Waals surface area contributed by atoms with E-state index >= 15 is 0 Å². The summed E-state index contributed by atoms with van der Waals surface area (Å²) in [7, 11) is 0. The van der Waals surface area contributed by atoms with Crippen molar-refractivity contribution in [1.82, 2.24) is 14.5 Å². The lowest BCUT2D eigenvalue weighted by atomic mass is 9.84. The second-order valence-electron chi connectivity index (χ2n) is 9.95. The van der Waals surface area contributed by atoms with Crippen LogP contribution in [0.2, 0.25) is 0 Å². The molecule has 6 nitrogen and oxygen atoms in total. The van der Waals surface area contributed by atoms with Gasteiger partial charge < -0.3 is 14.5 Å². The number of hydrogen-bond donors (Lipinski definition) is 0. The number of ether oxygens (including phenoxy) is 1. The molecule has 2 saturated heterocycles. The van der Waals surface area contributed by atoms with Crippen molar-refractivity contribution in [3.63, 3.8) is 0 Å². The van der Waals surface area contributed by atoms with Gasteiger partial charge in [-0.15, -0.1) is 0 Å². The SMILES string of the molecule is CC(C)[C@@H]1CC[C@@H]2CN(C[C@H]3CN(c4ccc(C#N)n5nccc45)C[C@@H](C)O3)C[C@@H]21. The number of morpholine rings is 1. The fourth-order valence-corrected chi connectivity index (χ4v) is 6.36. The van der Waals surface area contributed by atoms with Gasteiger partial charge in [-0.2, -0.15) is 10.4 Å². The normalized spacial score (nSPS) is 32.1. The Bertz CT molecular complexity index is 947. The van der Waals surface area contributed by atoms with E-state index < -0.39 is 0 Å². The van der Waals surface area contributed by atoms with Gasteiger partial charge in [0.2, 0.25) is 0 Å². The Balaban J connectivity index is 1.30. The van der Waals surface area contributed by atoms with Crippen LogP contribution >= 0.6 is 0 Å². The van der Waals surface area contributed by atoms with Crippen LogP contribution in [0, 0.1) is 35.0 Å². The van der Waals surface area contributed by atoms with Gasteiger partial charge in [0, 0.05) is 32.7 Å². The summed E-state index contributed by atoms with van der Waals surface area (Å²) in [5.74, 6) is 3.47. The Kier molecular flexibility index (Phi) is 5.20. The summed E-state index contributed by atoms with van der Waals surface area (Å²) < 4.78 is 8.12. The molecule has 3 aliphatic rings. The Hall–Kier alpha value is -2.10. The van der Waals surface area contributed by atoms with E-state index in [1.54, 1.807) is 10.7 Å². The summed E-state index contributed by atoms with van der Waals surface area (Å²) in [5.41, 5.74) is 2.71. The molecular formula is C24H33N5O. The quantitative estimate of drug-likeness (QED) is 0.777. The molecule has 4 heterocycles. The minimum absolute atomic E-state index is 0.188. The van der Waals surface area contributed by atoms with Crippen molar-refractivity contribution in [2.24, 2.45) is 23.7 Å². The molecular weight excluding hydrogens is 374 g/mol. The zero-order valence-electron chi connectivity index (χ0n) is 18.4. The lowest BCUT2D eigenvalue weighted by Crippen LogP contribution is -2.50. The first-order chi connectivity index (χ1) is 14.5. The van der Waals surface area contributed by atoms with Crippen LogP contribution in [-0.2, 0) is 4.74 Å². The van der Waals surface area contributed by atoms with Crippen molar-refractivity contribution in [2.45, 2.75) is 45.8 Å². The van der Waals surface area contributed by atoms with Crippen molar-refractivity contribution in [1.29, 1.82) is 5.26 Å². The third-order valence-electron chi connectivity index (χ3n) is 7.62. The summed E-state index contributed by atoms with van der Waals surface area (Å²) in [6, 6.07) is 8.17. The third kappa shape index (κ3) is 3.48. The van der Waals surface area contributed by atoms with Gasteiger partial charge >= 0.3 is 0 Å². The highest BCUT2D eigenvalue weighted by atomic mass is 16.5. The summed E-state index contributed by atoms with van der Waals surface area (Å²) in [5, 5.41) is 13.7.